The van der Waals surface area contributed by atoms with Crippen molar-refractivity contribution in [3.8, 4) is 0 Å². The van der Waals surface area contributed by atoms with Crippen molar-refractivity contribution in [2.75, 3.05) is 12.4 Å². The number of nitrogens with zero attached hydrogens (tertiary/aromatic N) is 1. The van der Waals surface area contributed by atoms with Gasteiger partial charge in [0.15, 0.2) is 0 Å². The highest BCUT2D eigenvalue weighted by atomic mass is 19.1. The van der Waals surface area contributed by atoms with Crippen LogP contribution in [0.25, 0.3) is 0 Å². The van der Waals surface area contributed by atoms with Crippen molar-refractivity contribution in [3.05, 3.63) is 57.6 Å². The standard InChI is InChI=1S/C15H16FN3O3/c1-9-4-6-12(11(16)8-9)17-14-10(15(21)18-22-3)5-7-13(20)19(14)2/h4-8,17H,1-3H3,(H,18,21). The lowest BCUT2D eigenvalue weighted by molar-refractivity contribution is 0.0538. The second-order valence-electron chi connectivity index (χ2n) is 4.74. The molecule has 2 rings (SSSR count). The van der Waals surface area contributed by atoms with Crippen LogP contribution in [0.1, 0.15) is 15.9 Å². The Hall–Kier alpha value is -2.67. The molecule has 0 spiro atoms. The minimum absolute atomic E-state index is 0.156. The number of rotatable bonds is 4. The van der Waals surface area contributed by atoms with E-state index in [1.165, 1.54) is 36.9 Å². The number of aromatic nitrogens is 1. The van der Waals surface area contributed by atoms with Gasteiger partial charge in [-0.3, -0.25) is 19.0 Å². The molecular weight excluding hydrogens is 289 g/mol. The van der Waals surface area contributed by atoms with Crippen LogP contribution in [-0.4, -0.2) is 17.6 Å². The van der Waals surface area contributed by atoms with Crippen molar-refractivity contribution in [1.29, 1.82) is 0 Å². The number of nitrogens with one attached hydrogen (secondary N) is 2. The third-order valence-corrected chi connectivity index (χ3v) is 3.13. The second kappa shape index (κ2) is 6.40. The van der Waals surface area contributed by atoms with E-state index in [-0.39, 0.29) is 22.6 Å². The molecule has 0 fully saturated rings. The van der Waals surface area contributed by atoms with Gasteiger partial charge in [0.2, 0.25) is 0 Å². The molecule has 0 aliphatic carbocycles. The fraction of sp³-hybridized carbons (Fsp3) is 0.200. The van der Waals surface area contributed by atoms with Gasteiger partial charge in [0.1, 0.15) is 11.6 Å². The summed E-state index contributed by atoms with van der Waals surface area (Å²) in [7, 11) is 2.78. The zero-order valence-electron chi connectivity index (χ0n) is 12.4. The molecule has 7 heteroatoms. The molecule has 0 bridgehead atoms. The number of anilines is 2. The summed E-state index contributed by atoms with van der Waals surface area (Å²) in [6, 6.07) is 7.23. The van der Waals surface area contributed by atoms with Crippen LogP contribution in [0.15, 0.2) is 35.1 Å². The number of halogens is 1. The van der Waals surface area contributed by atoms with E-state index in [0.717, 1.165) is 5.56 Å². The van der Waals surface area contributed by atoms with Gasteiger partial charge in [-0.05, 0) is 30.7 Å². The van der Waals surface area contributed by atoms with E-state index in [2.05, 4.69) is 15.6 Å². The van der Waals surface area contributed by atoms with Gasteiger partial charge in [0, 0.05) is 13.1 Å². The van der Waals surface area contributed by atoms with Gasteiger partial charge in [-0.25, -0.2) is 9.87 Å². The molecular formula is C15H16FN3O3. The normalized spacial score (nSPS) is 10.4. The Bertz CT molecular complexity index is 771. The van der Waals surface area contributed by atoms with Crippen LogP contribution in [0, 0.1) is 12.7 Å². The van der Waals surface area contributed by atoms with Crippen LogP contribution >= 0.6 is 0 Å². The molecule has 0 aliphatic rings. The van der Waals surface area contributed by atoms with E-state index in [4.69, 9.17) is 0 Å². The predicted molar refractivity (Wildman–Crippen MR) is 80.6 cm³/mol. The molecule has 1 aromatic heterocycles. The van der Waals surface area contributed by atoms with Crippen LogP contribution in [0.3, 0.4) is 0 Å². The van der Waals surface area contributed by atoms with Crippen LogP contribution in [0.4, 0.5) is 15.9 Å². The molecule has 22 heavy (non-hydrogen) atoms. The number of aryl methyl sites for hydroxylation is 1. The Kier molecular flexibility index (Phi) is 4.57. The Balaban J connectivity index is 2.50. The van der Waals surface area contributed by atoms with Gasteiger partial charge in [-0.1, -0.05) is 6.07 Å². The van der Waals surface area contributed by atoms with Crippen LogP contribution in [-0.2, 0) is 11.9 Å². The number of hydrogen-bond acceptors (Lipinski definition) is 4. The first kappa shape index (κ1) is 15.7. The zero-order valence-corrected chi connectivity index (χ0v) is 12.4. The Morgan fingerprint density at radius 3 is 2.64 bits per heavy atom. The van der Waals surface area contributed by atoms with Crippen molar-refractivity contribution in [2.45, 2.75) is 6.92 Å². The summed E-state index contributed by atoms with van der Waals surface area (Å²) < 4.78 is 15.2. The van der Waals surface area contributed by atoms with E-state index in [9.17, 15) is 14.0 Å². The number of carbonyl (C=O) groups is 1. The number of amides is 1. The quantitative estimate of drug-likeness (QED) is 0.846. The fourth-order valence-corrected chi connectivity index (χ4v) is 1.97. The lowest BCUT2D eigenvalue weighted by Gasteiger charge is -2.15. The fourth-order valence-electron chi connectivity index (χ4n) is 1.97. The lowest BCUT2D eigenvalue weighted by Crippen LogP contribution is -2.27. The highest BCUT2D eigenvalue weighted by Crippen LogP contribution is 2.22. The van der Waals surface area contributed by atoms with E-state index >= 15 is 0 Å². The van der Waals surface area contributed by atoms with Crippen LogP contribution in [0.5, 0.6) is 0 Å². The molecule has 1 aromatic carbocycles. The molecule has 116 valence electrons. The van der Waals surface area contributed by atoms with E-state index in [1.54, 1.807) is 19.1 Å². The zero-order chi connectivity index (χ0) is 16.3. The molecule has 1 heterocycles. The van der Waals surface area contributed by atoms with Gasteiger partial charge in [-0.15, -0.1) is 0 Å². The number of hydroxylamine groups is 1. The van der Waals surface area contributed by atoms with E-state index in [0.29, 0.717) is 0 Å². The minimum atomic E-state index is -0.548. The largest absolute Gasteiger partial charge is 0.339 e. The maximum atomic E-state index is 14.0. The molecule has 2 N–H and O–H groups in total. The first-order valence-electron chi connectivity index (χ1n) is 6.50. The van der Waals surface area contributed by atoms with Crippen molar-refractivity contribution < 1.29 is 14.0 Å². The van der Waals surface area contributed by atoms with Gasteiger partial charge in [0.25, 0.3) is 11.5 Å². The molecule has 6 nitrogen and oxygen atoms in total. The summed E-state index contributed by atoms with van der Waals surface area (Å²) in [4.78, 5) is 28.3. The van der Waals surface area contributed by atoms with Gasteiger partial charge in [0.05, 0.1) is 18.4 Å². The van der Waals surface area contributed by atoms with Gasteiger partial charge in [-0.2, -0.15) is 0 Å². The molecule has 0 radical (unpaired) electrons. The molecule has 2 aromatic rings. The minimum Gasteiger partial charge on any atom is -0.339 e. The monoisotopic (exact) mass is 305 g/mol. The number of pyridine rings is 1. The summed E-state index contributed by atoms with van der Waals surface area (Å²) in [5, 5.41) is 2.79. The van der Waals surface area contributed by atoms with Crippen LogP contribution < -0.4 is 16.4 Å². The predicted octanol–water partition coefficient (Wildman–Crippen LogP) is 1.87. The number of benzene rings is 1. The summed E-state index contributed by atoms with van der Waals surface area (Å²) >= 11 is 0. The second-order valence-corrected chi connectivity index (χ2v) is 4.74. The molecule has 1 amide bonds. The van der Waals surface area contributed by atoms with Crippen molar-refractivity contribution >= 4 is 17.4 Å². The highest BCUT2D eigenvalue weighted by Gasteiger charge is 2.16. The maximum Gasteiger partial charge on any atom is 0.278 e. The average molecular weight is 305 g/mol. The SMILES string of the molecule is CONC(=O)c1ccc(=O)n(C)c1Nc1ccc(C)cc1F. The van der Waals surface area contributed by atoms with Crippen molar-refractivity contribution in [1.82, 2.24) is 10.0 Å². The first-order valence-corrected chi connectivity index (χ1v) is 6.50. The lowest BCUT2D eigenvalue weighted by atomic mass is 10.2. The smallest absolute Gasteiger partial charge is 0.278 e. The Morgan fingerprint density at radius 2 is 2.00 bits per heavy atom. The average Bonchev–Trinajstić information content (AvgIpc) is 2.46. The molecule has 0 saturated carbocycles. The van der Waals surface area contributed by atoms with E-state index < -0.39 is 11.7 Å². The van der Waals surface area contributed by atoms with Crippen LogP contribution in [0.2, 0.25) is 0 Å². The Morgan fingerprint density at radius 1 is 1.27 bits per heavy atom. The molecule has 0 saturated heterocycles. The topological polar surface area (TPSA) is 72.4 Å². The first-order chi connectivity index (χ1) is 10.4. The van der Waals surface area contributed by atoms with Crippen molar-refractivity contribution in [2.24, 2.45) is 7.05 Å². The summed E-state index contributed by atoms with van der Waals surface area (Å²) in [5.74, 6) is -0.854. The molecule has 0 atom stereocenters. The molecule has 0 aliphatic heterocycles. The van der Waals surface area contributed by atoms with Crippen molar-refractivity contribution in [3.63, 3.8) is 0 Å². The molecule has 0 unspecified atom stereocenters. The third kappa shape index (κ3) is 3.15. The summed E-state index contributed by atoms with van der Waals surface area (Å²) in [6.45, 7) is 1.77. The summed E-state index contributed by atoms with van der Waals surface area (Å²) in [5.41, 5.74) is 2.93. The maximum absolute atomic E-state index is 14.0. The number of carbonyl (C=O) groups excluding carboxylic acids is 1. The number of hydrogen-bond donors (Lipinski definition) is 2. The van der Waals surface area contributed by atoms with Gasteiger partial charge >= 0.3 is 0 Å². The highest BCUT2D eigenvalue weighted by molar-refractivity contribution is 5.98. The third-order valence-electron chi connectivity index (χ3n) is 3.13. The summed E-state index contributed by atoms with van der Waals surface area (Å²) in [6.07, 6.45) is 0. The van der Waals surface area contributed by atoms with Gasteiger partial charge < -0.3 is 5.32 Å². The Labute approximate surface area is 126 Å². The van der Waals surface area contributed by atoms with E-state index in [1.807, 2.05) is 0 Å².